The van der Waals surface area contributed by atoms with Crippen LogP contribution in [0.15, 0.2) is 94.6 Å². The van der Waals surface area contributed by atoms with E-state index in [1.165, 1.54) is 23.1 Å². The van der Waals surface area contributed by atoms with Gasteiger partial charge in [0.15, 0.2) is 16.7 Å². The van der Waals surface area contributed by atoms with E-state index in [9.17, 15) is 19.1 Å². The minimum Gasteiger partial charge on any atom is -0.503 e. The SMILES string of the molecule is O=C(C1=C(O)C(=O)N(c2nc3ccc(F)cc3s2)C1c1ccccc1)c1cc2ccccc2o1. The second-order valence-electron chi connectivity index (χ2n) is 7.84. The lowest BCUT2D eigenvalue weighted by Crippen LogP contribution is -2.30. The largest absolute Gasteiger partial charge is 0.503 e. The van der Waals surface area contributed by atoms with Gasteiger partial charge in [0.1, 0.15) is 11.4 Å². The van der Waals surface area contributed by atoms with E-state index in [4.69, 9.17) is 4.42 Å². The predicted molar refractivity (Wildman–Crippen MR) is 126 cm³/mol. The second kappa shape index (κ2) is 7.64. The fourth-order valence-corrected chi connectivity index (χ4v) is 5.22. The minimum absolute atomic E-state index is 0.0182. The molecule has 8 heteroatoms. The maximum atomic E-state index is 13.7. The maximum Gasteiger partial charge on any atom is 0.296 e. The van der Waals surface area contributed by atoms with Gasteiger partial charge in [-0.25, -0.2) is 9.37 Å². The number of fused-ring (bicyclic) bond motifs is 2. The second-order valence-corrected chi connectivity index (χ2v) is 8.85. The molecule has 1 N–H and O–H groups in total. The fraction of sp³-hybridized carbons (Fsp3) is 0.0385. The lowest BCUT2D eigenvalue weighted by Gasteiger charge is -2.24. The van der Waals surface area contributed by atoms with Gasteiger partial charge in [-0.15, -0.1) is 0 Å². The Morgan fingerprint density at radius 2 is 1.79 bits per heavy atom. The van der Waals surface area contributed by atoms with Gasteiger partial charge in [0.05, 0.1) is 21.8 Å². The number of nitrogens with zero attached hydrogens (tertiary/aromatic N) is 2. The number of benzene rings is 3. The number of aromatic nitrogens is 1. The third-order valence-electron chi connectivity index (χ3n) is 5.76. The number of Topliss-reactive ketones (excluding diaryl/α,β-unsaturated/α-hetero) is 1. The van der Waals surface area contributed by atoms with Gasteiger partial charge in [-0.3, -0.25) is 14.5 Å². The standard InChI is InChI=1S/C26H15FN2O4S/c27-16-10-11-17-20(13-16)34-26(28-17)29-22(14-6-2-1-3-7-14)21(24(31)25(29)32)23(30)19-12-15-8-4-5-9-18(15)33-19/h1-13,22,31H. The molecule has 3 heterocycles. The van der Waals surface area contributed by atoms with Crippen molar-refractivity contribution in [2.75, 3.05) is 4.90 Å². The third-order valence-corrected chi connectivity index (χ3v) is 6.78. The van der Waals surface area contributed by atoms with Crippen LogP contribution < -0.4 is 4.90 Å². The van der Waals surface area contributed by atoms with Crippen molar-refractivity contribution in [3.8, 4) is 0 Å². The van der Waals surface area contributed by atoms with Crippen LogP contribution in [-0.4, -0.2) is 21.8 Å². The number of amides is 1. The van der Waals surface area contributed by atoms with Crippen molar-refractivity contribution in [3.63, 3.8) is 0 Å². The van der Waals surface area contributed by atoms with Crippen LogP contribution in [0.4, 0.5) is 9.52 Å². The van der Waals surface area contributed by atoms with Crippen molar-refractivity contribution in [2.24, 2.45) is 0 Å². The van der Waals surface area contributed by atoms with Crippen molar-refractivity contribution < 1.29 is 23.5 Å². The van der Waals surface area contributed by atoms with Crippen molar-refractivity contribution in [3.05, 3.63) is 107 Å². The van der Waals surface area contributed by atoms with Crippen molar-refractivity contribution >= 4 is 49.3 Å². The number of ketones is 1. The van der Waals surface area contributed by atoms with E-state index in [1.807, 2.05) is 18.2 Å². The first-order valence-electron chi connectivity index (χ1n) is 10.4. The number of hydrogen-bond acceptors (Lipinski definition) is 6. The quantitative estimate of drug-likeness (QED) is 0.328. The molecule has 34 heavy (non-hydrogen) atoms. The molecule has 1 amide bonds. The van der Waals surface area contributed by atoms with Crippen LogP contribution >= 0.6 is 11.3 Å². The van der Waals surface area contributed by atoms with Crippen LogP contribution in [0.1, 0.15) is 22.2 Å². The molecule has 1 aliphatic rings. The topological polar surface area (TPSA) is 83.6 Å². The molecule has 0 bridgehead atoms. The summed E-state index contributed by atoms with van der Waals surface area (Å²) in [5.74, 6) is -2.41. The van der Waals surface area contributed by atoms with E-state index in [2.05, 4.69) is 4.98 Å². The van der Waals surface area contributed by atoms with Gasteiger partial charge < -0.3 is 9.52 Å². The number of aliphatic hydroxyl groups excluding tert-OH is 1. The molecule has 0 saturated heterocycles. The zero-order valence-corrected chi connectivity index (χ0v) is 18.3. The minimum atomic E-state index is -0.931. The average Bonchev–Trinajstić information content (AvgIpc) is 3.53. The smallest absolute Gasteiger partial charge is 0.296 e. The number of carbonyl (C=O) groups is 2. The number of rotatable bonds is 4. The van der Waals surface area contributed by atoms with Crippen molar-refractivity contribution in [2.45, 2.75) is 6.04 Å². The maximum absolute atomic E-state index is 13.7. The number of carbonyl (C=O) groups excluding carboxylic acids is 2. The number of thiazole rings is 1. The molecule has 0 saturated carbocycles. The zero-order chi connectivity index (χ0) is 23.4. The molecule has 6 rings (SSSR count). The molecule has 5 aromatic rings. The van der Waals surface area contributed by atoms with E-state index in [0.717, 1.165) is 16.7 Å². The van der Waals surface area contributed by atoms with Gasteiger partial charge in [0.25, 0.3) is 5.91 Å². The van der Waals surface area contributed by atoms with Crippen molar-refractivity contribution in [1.82, 2.24) is 4.98 Å². The fourth-order valence-electron chi connectivity index (χ4n) is 4.20. The van der Waals surface area contributed by atoms with Crippen molar-refractivity contribution in [1.29, 1.82) is 0 Å². The molecular weight excluding hydrogens is 455 g/mol. The summed E-state index contributed by atoms with van der Waals surface area (Å²) in [4.78, 5) is 32.6. The molecule has 1 atom stereocenters. The molecule has 2 aromatic heterocycles. The van der Waals surface area contributed by atoms with E-state index in [0.29, 0.717) is 21.4 Å². The van der Waals surface area contributed by atoms with Crippen LogP contribution in [0, 0.1) is 5.82 Å². The molecule has 3 aromatic carbocycles. The Hall–Kier alpha value is -4.30. The van der Waals surface area contributed by atoms with Gasteiger partial charge >= 0.3 is 0 Å². The van der Waals surface area contributed by atoms with E-state index >= 15 is 0 Å². The Morgan fingerprint density at radius 1 is 1.03 bits per heavy atom. The number of para-hydroxylation sites is 1. The number of furan rings is 1. The lowest BCUT2D eigenvalue weighted by atomic mass is 9.95. The summed E-state index contributed by atoms with van der Waals surface area (Å²) in [5, 5.41) is 11.9. The number of anilines is 1. The summed E-state index contributed by atoms with van der Waals surface area (Å²) in [7, 11) is 0. The third kappa shape index (κ3) is 3.11. The predicted octanol–water partition coefficient (Wildman–Crippen LogP) is 5.96. The summed E-state index contributed by atoms with van der Waals surface area (Å²) >= 11 is 1.11. The summed E-state index contributed by atoms with van der Waals surface area (Å²) in [6.07, 6.45) is 0. The molecule has 0 aliphatic carbocycles. The highest BCUT2D eigenvalue weighted by molar-refractivity contribution is 7.22. The van der Waals surface area contributed by atoms with Gasteiger partial charge in [-0.2, -0.15) is 0 Å². The summed E-state index contributed by atoms with van der Waals surface area (Å²) < 4.78 is 20.0. The van der Waals surface area contributed by atoms with Crippen LogP contribution in [0.5, 0.6) is 0 Å². The van der Waals surface area contributed by atoms with Crippen LogP contribution in [0.3, 0.4) is 0 Å². The average molecular weight is 470 g/mol. The van der Waals surface area contributed by atoms with E-state index in [1.54, 1.807) is 42.5 Å². The van der Waals surface area contributed by atoms with Gasteiger partial charge in [-0.05, 0) is 35.9 Å². The summed E-state index contributed by atoms with van der Waals surface area (Å²) in [6.45, 7) is 0. The highest BCUT2D eigenvalue weighted by Gasteiger charge is 2.46. The molecule has 0 fully saturated rings. The molecular formula is C26H15FN2O4S. The highest BCUT2D eigenvalue weighted by Crippen LogP contribution is 2.44. The molecule has 166 valence electrons. The summed E-state index contributed by atoms with van der Waals surface area (Å²) in [5.41, 5.74) is 1.56. The molecule has 0 radical (unpaired) electrons. The van der Waals surface area contributed by atoms with Crippen LogP contribution in [0.2, 0.25) is 0 Å². The Morgan fingerprint density at radius 3 is 2.59 bits per heavy atom. The van der Waals surface area contributed by atoms with Gasteiger partial charge in [-0.1, -0.05) is 59.9 Å². The molecule has 1 aliphatic heterocycles. The normalized spacial score (nSPS) is 16.2. The lowest BCUT2D eigenvalue weighted by molar-refractivity contribution is -0.117. The van der Waals surface area contributed by atoms with Gasteiger partial charge in [0.2, 0.25) is 5.78 Å². The highest BCUT2D eigenvalue weighted by atomic mass is 32.1. The molecule has 6 nitrogen and oxygen atoms in total. The Labute approximate surface area is 196 Å². The number of aliphatic hydroxyl groups is 1. The Kier molecular flexibility index (Phi) is 4.56. The number of hydrogen-bond donors (Lipinski definition) is 1. The molecule has 0 spiro atoms. The first-order chi connectivity index (χ1) is 16.5. The Balaban J connectivity index is 1.51. The Bertz CT molecular complexity index is 1600. The van der Waals surface area contributed by atoms with E-state index in [-0.39, 0.29) is 16.5 Å². The van der Waals surface area contributed by atoms with Crippen LogP contribution in [0.25, 0.3) is 21.2 Å². The van der Waals surface area contributed by atoms with Gasteiger partial charge in [0, 0.05) is 5.39 Å². The number of halogens is 1. The first-order valence-corrected chi connectivity index (χ1v) is 11.2. The monoisotopic (exact) mass is 470 g/mol. The van der Waals surface area contributed by atoms with Crippen LogP contribution in [-0.2, 0) is 4.79 Å². The summed E-state index contributed by atoms with van der Waals surface area (Å²) in [6, 6.07) is 20.9. The zero-order valence-electron chi connectivity index (χ0n) is 17.4. The van der Waals surface area contributed by atoms with E-state index < -0.39 is 29.3 Å². The first kappa shape index (κ1) is 20.3. The molecule has 1 unspecified atom stereocenters.